The van der Waals surface area contributed by atoms with Crippen molar-refractivity contribution in [1.29, 1.82) is 0 Å². The fourth-order valence-electron chi connectivity index (χ4n) is 3.31. The number of carbonyl (C=O) groups is 1. The van der Waals surface area contributed by atoms with E-state index in [0.29, 0.717) is 18.0 Å². The second kappa shape index (κ2) is 8.99. The Bertz CT molecular complexity index is 1170. The number of para-hydroxylation sites is 1. The first-order chi connectivity index (χ1) is 15.0. The number of aromatic nitrogens is 1. The molecular weight excluding hydrogens is 434 g/mol. The molecule has 2 heterocycles. The van der Waals surface area contributed by atoms with Crippen molar-refractivity contribution in [3.05, 3.63) is 78.5 Å². The van der Waals surface area contributed by atoms with Crippen molar-refractivity contribution in [2.24, 2.45) is 0 Å². The number of hydrogen-bond acceptors (Lipinski definition) is 6. The van der Waals surface area contributed by atoms with Crippen LogP contribution < -0.4 is 14.4 Å². The average Bonchev–Trinajstić information content (AvgIpc) is 3.16. The summed E-state index contributed by atoms with van der Waals surface area (Å²) in [6.45, 7) is 2.44. The normalized spacial score (nSPS) is 16.4. The lowest BCUT2D eigenvalue weighted by Crippen LogP contribution is -2.28. The average molecular weight is 456 g/mol. The second-order valence-electron chi connectivity index (χ2n) is 6.71. The molecule has 0 spiro atoms. The number of hydrogen-bond donors (Lipinski definition) is 1. The van der Waals surface area contributed by atoms with Crippen LogP contribution in [0, 0.1) is 0 Å². The van der Waals surface area contributed by atoms with Crippen LogP contribution in [0.2, 0.25) is 0 Å². The zero-order chi connectivity index (χ0) is 21.8. The van der Waals surface area contributed by atoms with Gasteiger partial charge in [0.1, 0.15) is 16.9 Å². The molecule has 1 unspecified atom stereocenters. The largest absolute Gasteiger partial charge is 0.493 e. The molecule has 1 aliphatic heterocycles. The minimum atomic E-state index is -3.79. The number of nitrogens with zero attached hydrogens (tertiary/aromatic N) is 2. The maximum absolute atomic E-state index is 12.7. The summed E-state index contributed by atoms with van der Waals surface area (Å²) in [4.78, 5) is 18.4. The summed E-state index contributed by atoms with van der Waals surface area (Å²) in [6.07, 6.45) is 1.51. The molecule has 4 rings (SSSR count). The van der Waals surface area contributed by atoms with Gasteiger partial charge in [-0.2, -0.15) is 0 Å². The second-order valence-corrected chi connectivity index (χ2v) is 9.46. The fraction of sp³-hybridized carbons (Fsp3) is 0.182. The molecule has 0 bridgehead atoms. The zero-order valence-corrected chi connectivity index (χ0v) is 18.4. The number of ether oxygens (including phenoxy) is 1. The fourth-order valence-corrected chi connectivity index (χ4v) is 5.52. The van der Waals surface area contributed by atoms with Gasteiger partial charge < -0.3 is 4.74 Å². The molecular formula is C22H21N3O4S2. The van der Waals surface area contributed by atoms with Gasteiger partial charge in [-0.15, -0.1) is 11.8 Å². The Labute approximate surface area is 185 Å². The van der Waals surface area contributed by atoms with Gasteiger partial charge in [0, 0.05) is 17.4 Å². The molecule has 0 aliphatic carbocycles. The number of pyridine rings is 1. The Morgan fingerprint density at radius 3 is 2.55 bits per heavy atom. The number of sulfonamides is 1. The molecule has 1 fully saturated rings. The minimum Gasteiger partial charge on any atom is -0.493 e. The quantitative estimate of drug-likeness (QED) is 0.578. The highest BCUT2D eigenvalue weighted by molar-refractivity contribution is 8.00. The van der Waals surface area contributed by atoms with E-state index in [1.54, 1.807) is 35.2 Å². The monoisotopic (exact) mass is 455 g/mol. The van der Waals surface area contributed by atoms with Crippen LogP contribution in [-0.2, 0) is 14.8 Å². The van der Waals surface area contributed by atoms with Crippen molar-refractivity contribution in [1.82, 2.24) is 4.98 Å². The van der Waals surface area contributed by atoms with Gasteiger partial charge in [0.25, 0.3) is 10.0 Å². The van der Waals surface area contributed by atoms with Gasteiger partial charge in [-0.1, -0.05) is 24.3 Å². The summed E-state index contributed by atoms with van der Waals surface area (Å²) in [7, 11) is -3.79. The van der Waals surface area contributed by atoms with E-state index in [1.165, 1.54) is 30.1 Å². The van der Waals surface area contributed by atoms with Gasteiger partial charge in [0.05, 0.1) is 17.3 Å². The summed E-state index contributed by atoms with van der Waals surface area (Å²) in [5, 5.41) is -0.246. The Hall–Kier alpha value is -3.04. The zero-order valence-electron chi connectivity index (χ0n) is 16.8. The van der Waals surface area contributed by atoms with Crippen LogP contribution in [-0.4, -0.2) is 31.7 Å². The number of thioether (sulfide) groups is 1. The van der Waals surface area contributed by atoms with E-state index in [-0.39, 0.29) is 22.0 Å². The molecule has 9 heteroatoms. The van der Waals surface area contributed by atoms with Gasteiger partial charge in [0.2, 0.25) is 5.91 Å². The third-order valence-electron chi connectivity index (χ3n) is 4.68. The van der Waals surface area contributed by atoms with E-state index < -0.39 is 10.0 Å². The van der Waals surface area contributed by atoms with E-state index in [1.807, 2.05) is 31.2 Å². The molecule has 31 heavy (non-hydrogen) atoms. The van der Waals surface area contributed by atoms with Crippen molar-refractivity contribution in [3.63, 3.8) is 0 Å². The van der Waals surface area contributed by atoms with Crippen LogP contribution in [0.15, 0.2) is 77.8 Å². The van der Waals surface area contributed by atoms with Crippen molar-refractivity contribution < 1.29 is 17.9 Å². The molecule has 1 saturated heterocycles. The van der Waals surface area contributed by atoms with Gasteiger partial charge in [-0.3, -0.25) is 14.4 Å². The Morgan fingerprint density at radius 1 is 1.10 bits per heavy atom. The van der Waals surface area contributed by atoms with E-state index in [2.05, 4.69) is 9.71 Å². The first-order valence-electron chi connectivity index (χ1n) is 9.69. The Morgan fingerprint density at radius 2 is 1.84 bits per heavy atom. The van der Waals surface area contributed by atoms with Crippen LogP contribution in [0.5, 0.6) is 5.75 Å². The number of anilines is 2. The molecule has 1 atom stereocenters. The van der Waals surface area contributed by atoms with Gasteiger partial charge in [-0.05, 0) is 49.4 Å². The molecule has 1 amide bonds. The lowest BCUT2D eigenvalue weighted by Gasteiger charge is -2.26. The number of benzene rings is 2. The van der Waals surface area contributed by atoms with Crippen molar-refractivity contribution in [3.8, 4) is 5.75 Å². The summed E-state index contributed by atoms with van der Waals surface area (Å²) >= 11 is 1.52. The number of amides is 1. The maximum Gasteiger partial charge on any atom is 0.263 e. The molecule has 0 saturated carbocycles. The first kappa shape index (κ1) is 21.2. The predicted octanol–water partition coefficient (Wildman–Crippen LogP) is 4.06. The highest BCUT2D eigenvalue weighted by Gasteiger charge is 2.35. The van der Waals surface area contributed by atoms with Crippen LogP contribution in [0.4, 0.5) is 11.5 Å². The van der Waals surface area contributed by atoms with E-state index in [0.717, 1.165) is 11.3 Å². The molecule has 7 nitrogen and oxygen atoms in total. The molecule has 1 aliphatic rings. The lowest BCUT2D eigenvalue weighted by atomic mass is 10.1. The van der Waals surface area contributed by atoms with Crippen LogP contribution in [0.1, 0.15) is 17.9 Å². The smallest absolute Gasteiger partial charge is 0.263 e. The molecule has 2 aromatic carbocycles. The predicted molar refractivity (Wildman–Crippen MR) is 122 cm³/mol. The Balaban J connectivity index is 1.61. The van der Waals surface area contributed by atoms with Crippen molar-refractivity contribution >= 4 is 39.2 Å². The standard InChI is InChI=1S/C22H21N3O4S2/c1-2-29-19-8-4-3-7-18(19)22-25(21(26)15-30-22)16-10-12-17(13-11-16)31(27,28)24-20-9-5-6-14-23-20/h3-14,22H,2,15H2,1H3,(H,23,24). The number of nitrogens with one attached hydrogen (secondary N) is 1. The summed E-state index contributed by atoms with van der Waals surface area (Å²) in [5.41, 5.74) is 1.54. The highest BCUT2D eigenvalue weighted by Crippen LogP contribution is 2.44. The number of carbonyl (C=O) groups excluding carboxylic acids is 1. The third kappa shape index (κ3) is 4.52. The van der Waals surface area contributed by atoms with Crippen molar-refractivity contribution in [2.45, 2.75) is 17.2 Å². The molecule has 0 radical (unpaired) electrons. The molecule has 1 aromatic heterocycles. The van der Waals surface area contributed by atoms with E-state index in [4.69, 9.17) is 4.74 Å². The van der Waals surface area contributed by atoms with Crippen molar-refractivity contribution in [2.75, 3.05) is 22.0 Å². The number of rotatable bonds is 7. The molecule has 160 valence electrons. The summed E-state index contributed by atoms with van der Waals surface area (Å²) < 4.78 is 33.5. The van der Waals surface area contributed by atoms with Gasteiger partial charge in [-0.25, -0.2) is 13.4 Å². The molecule has 3 aromatic rings. The molecule has 1 N–H and O–H groups in total. The minimum absolute atomic E-state index is 0.0384. The summed E-state index contributed by atoms with van der Waals surface area (Å²) in [6, 6.07) is 18.9. The van der Waals surface area contributed by atoms with Gasteiger partial charge in [0.15, 0.2) is 0 Å². The Kier molecular flexibility index (Phi) is 6.15. The highest BCUT2D eigenvalue weighted by atomic mass is 32.2. The van der Waals surface area contributed by atoms with E-state index >= 15 is 0 Å². The maximum atomic E-state index is 12.7. The third-order valence-corrected chi connectivity index (χ3v) is 7.25. The van der Waals surface area contributed by atoms with Gasteiger partial charge >= 0.3 is 0 Å². The van der Waals surface area contributed by atoms with Crippen LogP contribution in [0.3, 0.4) is 0 Å². The first-order valence-corrected chi connectivity index (χ1v) is 12.2. The SMILES string of the molecule is CCOc1ccccc1C1SCC(=O)N1c1ccc(S(=O)(=O)Nc2ccccn2)cc1. The summed E-state index contributed by atoms with van der Waals surface area (Å²) in [5.74, 6) is 1.28. The van der Waals surface area contributed by atoms with Crippen LogP contribution in [0.25, 0.3) is 0 Å². The van der Waals surface area contributed by atoms with Crippen LogP contribution >= 0.6 is 11.8 Å². The lowest BCUT2D eigenvalue weighted by molar-refractivity contribution is -0.115. The van der Waals surface area contributed by atoms with E-state index in [9.17, 15) is 13.2 Å². The topological polar surface area (TPSA) is 88.6 Å².